The lowest BCUT2D eigenvalue weighted by atomic mass is 9.91. The van der Waals surface area contributed by atoms with Crippen molar-refractivity contribution >= 4 is 11.6 Å². The standard InChI is InChI=1S/C16H13ClO/c17-13-5-6-15-11(9-13)8-12-7-10-3-1-2-4-14(10)16(12)18-15/h1-6,9,12,16H,7-8H2/t12-,16+/m1/s1. The Bertz CT molecular complexity index is 620. The van der Waals surface area contributed by atoms with Gasteiger partial charge in [0, 0.05) is 10.9 Å². The van der Waals surface area contributed by atoms with Gasteiger partial charge in [-0.15, -0.1) is 0 Å². The maximum Gasteiger partial charge on any atom is 0.127 e. The number of ether oxygens (including phenoxy) is 1. The highest BCUT2D eigenvalue weighted by Crippen LogP contribution is 2.46. The third-order valence-electron chi connectivity index (χ3n) is 4.03. The molecule has 2 aliphatic rings. The second-order valence-electron chi connectivity index (χ2n) is 5.16. The summed E-state index contributed by atoms with van der Waals surface area (Å²) in [4.78, 5) is 0. The molecule has 0 spiro atoms. The SMILES string of the molecule is Clc1ccc2c(c1)C[C@H]1Cc3ccccc3[C@H]1O2. The summed E-state index contributed by atoms with van der Waals surface area (Å²) < 4.78 is 6.18. The van der Waals surface area contributed by atoms with Crippen molar-refractivity contribution in [1.82, 2.24) is 0 Å². The summed E-state index contributed by atoms with van der Waals surface area (Å²) in [5.74, 6) is 1.56. The number of hydrogen-bond acceptors (Lipinski definition) is 1. The Morgan fingerprint density at radius 3 is 2.78 bits per heavy atom. The van der Waals surface area contributed by atoms with Crippen LogP contribution in [0.2, 0.25) is 5.02 Å². The Hall–Kier alpha value is -1.47. The van der Waals surface area contributed by atoms with Gasteiger partial charge in [0.1, 0.15) is 11.9 Å². The molecule has 1 aliphatic heterocycles. The molecule has 0 saturated heterocycles. The van der Waals surface area contributed by atoms with Crippen LogP contribution in [0.4, 0.5) is 0 Å². The lowest BCUT2D eigenvalue weighted by molar-refractivity contribution is 0.128. The highest BCUT2D eigenvalue weighted by Gasteiger charge is 2.37. The largest absolute Gasteiger partial charge is 0.485 e. The summed E-state index contributed by atoms with van der Waals surface area (Å²) >= 11 is 6.05. The summed E-state index contributed by atoms with van der Waals surface area (Å²) in [7, 11) is 0. The first kappa shape index (κ1) is 10.5. The Labute approximate surface area is 111 Å². The van der Waals surface area contributed by atoms with E-state index in [0.717, 1.165) is 23.6 Å². The van der Waals surface area contributed by atoms with E-state index in [1.165, 1.54) is 16.7 Å². The first-order valence-corrected chi connectivity index (χ1v) is 6.72. The highest BCUT2D eigenvalue weighted by molar-refractivity contribution is 6.30. The average Bonchev–Trinajstić information content (AvgIpc) is 2.73. The zero-order valence-corrected chi connectivity index (χ0v) is 10.7. The molecule has 1 heterocycles. The molecular formula is C16H13ClO. The Balaban J connectivity index is 1.77. The van der Waals surface area contributed by atoms with Crippen molar-refractivity contribution in [3.63, 3.8) is 0 Å². The van der Waals surface area contributed by atoms with Crippen molar-refractivity contribution in [2.75, 3.05) is 0 Å². The van der Waals surface area contributed by atoms with E-state index in [9.17, 15) is 0 Å². The monoisotopic (exact) mass is 256 g/mol. The maximum absolute atomic E-state index is 6.18. The van der Waals surface area contributed by atoms with E-state index in [2.05, 4.69) is 24.3 Å². The van der Waals surface area contributed by atoms with Gasteiger partial charge in [-0.1, -0.05) is 35.9 Å². The van der Waals surface area contributed by atoms with Gasteiger partial charge in [-0.05, 0) is 47.7 Å². The fourth-order valence-electron chi connectivity index (χ4n) is 3.22. The minimum absolute atomic E-state index is 0.231. The second kappa shape index (κ2) is 3.76. The van der Waals surface area contributed by atoms with Gasteiger partial charge < -0.3 is 4.74 Å². The van der Waals surface area contributed by atoms with E-state index < -0.39 is 0 Å². The molecule has 0 unspecified atom stereocenters. The van der Waals surface area contributed by atoms with Crippen LogP contribution < -0.4 is 4.74 Å². The van der Waals surface area contributed by atoms with Crippen molar-refractivity contribution in [2.45, 2.75) is 18.9 Å². The van der Waals surface area contributed by atoms with Gasteiger partial charge in [0.2, 0.25) is 0 Å². The van der Waals surface area contributed by atoms with E-state index in [1.54, 1.807) is 0 Å². The van der Waals surface area contributed by atoms with Crippen LogP contribution in [0.5, 0.6) is 5.75 Å². The molecule has 2 heteroatoms. The van der Waals surface area contributed by atoms with Crippen LogP contribution in [0.15, 0.2) is 42.5 Å². The number of rotatable bonds is 0. The lowest BCUT2D eigenvalue weighted by Gasteiger charge is -2.29. The number of hydrogen-bond donors (Lipinski definition) is 0. The summed E-state index contributed by atoms with van der Waals surface area (Å²) in [6, 6.07) is 14.6. The Morgan fingerprint density at radius 2 is 1.83 bits per heavy atom. The van der Waals surface area contributed by atoms with Crippen molar-refractivity contribution < 1.29 is 4.74 Å². The number of fused-ring (bicyclic) bond motifs is 4. The zero-order chi connectivity index (χ0) is 12.1. The highest BCUT2D eigenvalue weighted by atomic mass is 35.5. The predicted molar refractivity (Wildman–Crippen MR) is 72.2 cm³/mol. The molecule has 0 aromatic heterocycles. The molecule has 0 radical (unpaired) electrons. The van der Waals surface area contributed by atoms with E-state index in [1.807, 2.05) is 18.2 Å². The van der Waals surface area contributed by atoms with Gasteiger partial charge in [0.25, 0.3) is 0 Å². The van der Waals surface area contributed by atoms with E-state index in [-0.39, 0.29) is 6.10 Å². The molecule has 0 bridgehead atoms. The van der Waals surface area contributed by atoms with Crippen LogP contribution in [0.1, 0.15) is 22.8 Å². The zero-order valence-electron chi connectivity index (χ0n) is 9.90. The quantitative estimate of drug-likeness (QED) is 0.687. The average molecular weight is 257 g/mol. The second-order valence-corrected chi connectivity index (χ2v) is 5.59. The summed E-state index contributed by atoms with van der Waals surface area (Å²) in [5.41, 5.74) is 4.05. The molecule has 2 atom stereocenters. The third-order valence-corrected chi connectivity index (χ3v) is 4.27. The predicted octanol–water partition coefficient (Wildman–Crippen LogP) is 4.19. The molecule has 18 heavy (non-hydrogen) atoms. The number of benzene rings is 2. The third kappa shape index (κ3) is 1.47. The molecule has 1 aliphatic carbocycles. The molecular weight excluding hydrogens is 244 g/mol. The van der Waals surface area contributed by atoms with Crippen molar-refractivity contribution in [3.05, 3.63) is 64.2 Å². The Morgan fingerprint density at radius 1 is 1.00 bits per heavy atom. The van der Waals surface area contributed by atoms with Gasteiger partial charge in [-0.2, -0.15) is 0 Å². The maximum atomic E-state index is 6.18. The molecule has 0 fully saturated rings. The van der Waals surface area contributed by atoms with Crippen molar-refractivity contribution in [2.24, 2.45) is 5.92 Å². The van der Waals surface area contributed by atoms with E-state index >= 15 is 0 Å². The Kier molecular flexibility index (Phi) is 2.18. The molecule has 1 nitrogen and oxygen atoms in total. The topological polar surface area (TPSA) is 9.23 Å². The summed E-state index contributed by atoms with van der Waals surface area (Å²) in [5, 5.41) is 0.798. The molecule has 0 N–H and O–H groups in total. The molecule has 2 aromatic carbocycles. The fraction of sp³-hybridized carbons (Fsp3) is 0.250. The normalized spacial score (nSPS) is 23.8. The van der Waals surface area contributed by atoms with Gasteiger partial charge in [0.05, 0.1) is 0 Å². The molecule has 0 amide bonds. The van der Waals surface area contributed by atoms with Gasteiger partial charge >= 0.3 is 0 Å². The van der Waals surface area contributed by atoms with E-state index in [4.69, 9.17) is 16.3 Å². The van der Waals surface area contributed by atoms with Crippen LogP contribution >= 0.6 is 11.6 Å². The minimum atomic E-state index is 0.231. The first-order valence-electron chi connectivity index (χ1n) is 6.34. The van der Waals surface area contributed by atoms with Crippen LogP contribution in [-0.2, 0) is 12.8 Å². The molecule has 0 saturated carbocycles. The minimum Gasteiger partial charge on any atom is -0.485 e. The van der Waals surface area contributed by atoms with Crippen LogP contribution in [0.3, 0.4) is 0 Å². The van der Waals surface area contributed by atoms with Crippen LogP contribution in [0.25, 0.3) is 0 Å². The lowest BCUT2D eigenvalue weighted by Crippen LogP contribution is -2.22. The van der Waals surface area contributed by atoms with E-state index in [0.29, 0.717) is 5.92 Å². The van der Waals surface area contributed by atoms with Crippen molar-refractivity contribution in [1.29, 1.82) is 0 Å². The van der Waals surface area contributed by atoms with Crippen molar-refractivity contribution in [3.8, 4) is 5.75 Å². The fourth-order valence-corrected chi connectivity index (χ4v) is 3.42. The molecule has 90 valence electrons. The van der Waals surface area contributed by atoms with Gasteiger partial charge in [0.15, 0.2) is 0 Å². The summed E-state index contributed by atoms with van der Waals surface area (Å²) in [6.07, 6.45) is 2.41. The molecule has 2 aromatic rings. The van der Waals surface area contributed by atoms with Gasteiger partial charge in [-0.3, -0.25) is 0 Å². The smallest absolute Gasteiger partial charge is 0.127 e. The van der Waals surface area contributed by atoms with Gasteiger partial charge in [-0.25, -0.2) is 0 Å². The summed E-state index contributed by atoms with van der Waals surface area (Å²) in [6.45, 7) is 0. The number of halogens is 1. The first-order chi connectivity index (χ1) is 8.81. The van der Waals surface area contributed by atoms with Crippen LogP contribution in [0, 0.1) is 5.92 Å². The molecule has 4 rings (SSSR count). The van der Waals surface area contributed by atoms with Crippen LogP contribution in [-0.4, -0.2) is 0 Å².